The molecular formula is C19H26O. The van der Waals surface area contributed by atoms with Crippen LogP contribution in [-0.4, -0.2) is 5.78 Å². The molecule has 1 nitrogen and oxygen atoms in total. The van der Waals surface area contributed by atoms with Crippen LogP contribution in [-0.2, 0) is 10.2 Å². The van der Waals surface area contributed by atoms with Gasteiger partial charge in [-0.3, -0.25) is 4.79 Å². The third-order valence-corrected chi connectivity index (χ3v) is 5.64. The van der Waals surface area contributed by atoms with E-state index in [4.69, 9.17) is 0 Å². The van der Waals surface area contributed by atoms with Gasteiger partial charge in [0.15, 0.2) is 0 Å². The standard InChI is InChI=1S/C19H26O/c1-15-9-11-16(12-10-15)18(20)19(13-5-6-14-19)17-7-3-2-4-8-17/h2-4,7-8,15-16H,5-6,9-14H2,1H3. The van der Waals surface area contributed by atoms with E-state index in [1.54, 1.807) is 0 Å². The van der Waals surface area contributed by atoms with Gasteiger partial charge < -0.3 is 0 Å². The number of Topliss-reactive ketones (excluding diaryl/α,β-unsaturated/α-hetero) is 1. The monoisotopic (exact) mass is 270 g/mol. The van der Waals surface area contributed by atoms with E-state index in [9.17, 15) is 4.79 Å². The average Bonchev–Trinajstić information content (AvgIpc) is 2.99. The van der Waals surface area contributed by atoms with E-state index in [1.807, 2.05) is 0 Å². The first kappa shape index (κ1) is 13.9. The summed E-state index contributed by atoms with van der Waals surface area (Å²) in [5.74, 6) is 1.70. The maximum Gasteiger partial charge on any atom is 0.146 e. The highest BCUT2D eigenvalue weighted by Gasteiger charge is 2.45. The Morgan fingerprint density at radius 2 is 1.60 bits per heavy atom. The zero-order valence-corrected chi connectivity index (χ0v) is 12.6. The van der Waals surface area contributed by atoms with Crippen LogP contribution in [0.25, 0.3) is 0 Å². The van der Waals surface area contributed by atoms with Gasteiger partial charge >= 0.3 is 0 Å². The molecule has 0 heterocycles. The molecule has 0 N–H and O–H groups in total. The molecule has 0 unspecified atom stereocenters. The molecule has 0 aliphatic heterocycles. The highest BCUT2D eigenvalue weighted by Crippen LogP contribution is 2.45. The van der Waals surface area contributed by atoms with Gasteiger partial charge in [-0.1, -0.05) is 62.9 Å². The second-order valence-electron chi connectivity index (χ2n) is 6.98. The summed E-state index contributed by atoms with van der Waals surface area (Å²) in [6.07, 6.45) is 9.28. The molecule has 2 saturated carbocycles. The van der Waals surface area contributed by atoms with Gasteiger partial charge in [0, 0.05) is 5.92 Å². The Balaban J connectivity index is 1.85. The van der Waals surface area contributed by atoms with E-state index in [-0.39, 0.29) is 5.41 Å². The number of benzene rings is 1. The highest BCUT2D eigenvalue weighted by atomic mass is 16.1. The van der Waals surface area contributed by atoms with Crippen LogP contribution < -0.4 is 0 Å². The van der Waals surface area contributed by atoms with Crippen molar-refractivity contribution in [3.05, 3.63) is 35.9 Å². The molecule has 2 fully saturated rings. The van der Waals surface area contributed by atoms with Crippen molar-refractivity contribution < 1.29 is 4.79 Å². The van der Waals surface area contributed by atoms with E-state index in [0.29, 0.717) is 11.7 Å². The second-order valence-corrected chi connectivity index (χ2v) is 6.98. The van der Waals surface area contributed by atoms with Gasteiger partial charge in [-0.05, 0) is 37.2 Å². The SMILES string of the molecule is CC1CCC(C(=O)C2(c3ccccc3)CCCC2)CC1. The molecule has 0 bridgehead atoms. The number of ketones is 1. The molecule has 108 valence electrons. The van der Waals surface area contributed by atoms with Crippen molar-refractivity contribution in [2.75, 3.05) is 0 Å². The van der Waals surface area contributed by atoms with Crippen molar-refractivity contribution in [3.8, 4) is 0 Å². The number of hydrogen-bond acceptors (Lipinski definition) is 1. The zero-order chi connectivity index (χ0) is 14.0. The van der Waals surface area contributed by atoms with Crippen molar-refractivity contribution in [2.45, 2.75) is 63.7 Å². The number of rotatable bonds is 3. The summed E-state index contributed by atoms with van der Waals surface area (Å²) in [7, 11) is 0. The maximum atomic E-state index is 13.2. The minimum atomic E-state index is -0.146. The fraction of sp³-hybridized carbons (Fsp3) is 0.632. The predicted molar refractivity (Wildman–Crippen MR) is 82.7 cm³/mol. The Hall–Kier alpha value is -1.11. The minimum Gasteiger partial charge on any atom is -0.298 e. The first-order valence-electron chi connectivity index (χ1n) is 8.32. The van der Waals surface area contributed by atoms with E-state index >= 15 is 0 Å². The van der Waals surface area contributed by atoms with E-state index in [2.05, 4.69) is 37.3 Å². The fourth-order valence-electron chi connectivity index (χ4n) is 4.33. The first-order valence-corrected chi connectivity index (χ1v) is 8.32. The molecule has 1 aromatic carbocycles. The highest BCUT2D eigenvalue weighted by molar-refractivity contribution is 5.92. The number of hydrogen-bond donors (Lipinski definition) is 0. The van der Waals surface area contributed by atoms with Crippen LogP contribution in [0.1, 0.15) is 63.9 Å². The van der Waals surface area contributed by atoms with Crippen molar-refractivity contribution in [3.63, 3.8) is 0 Å². The Bertz CT molecular complexity index is 448. The van der Waals surface area contributed by atoms with Crippen molar-refractivity contribution in [2.24, 2.45) is 11.8 Å². The number of carbonyl (C=O) groups excluding carboxylic acids is 1. The van der Waals surface area contributed by atoms with Gasteiger partial charge in [-0.25, -0.2) is 0 Å². The molecule has 2 aliphatic rings. The van der Waals surface area contributed by atoms with Crippen LogP contribution in [0, 0.1) is 11.8 Å². The predicted octanol–water partition coefficient (Wildman–Crippen LogP) is 4.89. The zero-order valence-electron chi connectivity index (χ0n) is 12.6. The van der Waals surface area contributed by atoms with Gasteiger partial charge in [-0.15, -0.1) is 0 Å². The third kappa shape index (κ3) is 2.43. The smallest absolute Gasteiger partial charge is 0.146 e. The van der Waals surface area contributed by atoms with Crippen LogP contribution in [0.15, 0.2) is 30.3 Å². The van der Waals surface area contributed by atoms with Gasteiger partial charge in [0.25, 0.3) is 0 Å². The first-order chi connectivity index (χ1) is 9.72. The summed E-state index contributed by atoms with van der Waals surface area (Å²) >= 11 is 0. The Morgan fingerprint density at radius 3 is 2.20 bits per heavy atom. The van der Waals surface area contributed by atoms with Gasteiger partial charge in [-0.2, -0.15) is 0 Å². The van der Waals surface area contributed by atoms with Crippen LogP contribution in [0.3, 0.4) is 0 Å². The van der Waals surface area contributed by atoms with Crippen LogP contribution in [0.4, 0.5) is 0 Å². The molecule has 3 rings (SSSR count). The fourth-order valence-corrected chi connectivity index (χ4v) is 4.33. The summed E-state index contributed by atoms with van der Waals surface area (Å²) in [4.78, 5) is 13.2. The second kappa shape index (κ2) is 5.71. The van der Waals surface area contributed by atoms with Gasteiger partial charge in [0.05, 0.1) is 5.41 Å². The third-order valence-electron chi connectivity index (χ3n) is 5.64. The van der Waals surface area contributed by atoms with Gasteiger partial charge in [0.1, 0.15) is 5.78 Å². The molecule has 2 aliphatic carbocycles. The Labute approximate surface area is 122 Å². The molecule has 0 saturated heterocycles. The van der Waals surface area contributed by atoms with Crippen molar-refractivity contribution in [1.29, 1.82) is 0 Å². The lowest BCUT2D eigenvalue weighted by atomic mass is 9.67. The Kier molecular flexibility index (Phi) is 3.96. The Morgan fingerprint density at radius 1 is 1.00 bits per heavy atom. The van der Waals surface area contributed by atoms with E-state index in [1.165, 1.54) is 31.2 Å². The molecule has 0 atom stereocenters. The summed E-state index contributed by atoms with van der Waals surface area (Å²) in [6.45, 7) is 2.32. The summed E-state index contributed by atoms with van der Waals surface area (Å²) < 4.78 is 0. The van der Waals surface area contributed by atoms with Crippen molar-refractivity contribution >= 4 is 5.78 Å². The molecular weight excluding hydrogens is 244 g/mol. The molecule has 1 aromatic rings. The number of carbonyl (C=O) groups is 1. The average molecular weight is 270 g/mol. The lowest BCUT2D eigenvalue weighted by Crippen LogP contribution is -2.39. The van der Waals surface area contributed by atoms with Crippen LogP contribution >= 0.6 is 0 Å². The maximum absolute atomic E-state index is 13.2. The summed E-state index contributed by atoms with van der Waals surface area (Å²) in [5.41, 5.74) is 1.13. The molecule has 0 aromatic heterocycles. The summed E-state index contributed by atoms with van der Waals surface area (Å²) in [6, 6.07) is 10.6. The van der Waals surface area contributed by atoms with Crippen LogP contribution in [0.2, 0.25) is 0 Å². The van der Waals surface area contributed by atoms with Crippen LogP contribution in [0.5, 0.6) is 0 Å². The molecule has 0 amide bonds. The summed E-state index contributed by atoms with van der Waals surface area (Å²) in [5, 5.41) is 0. The lowest BCUT2D eigenvalue weighted by Gasteiger charge is -2.35. The quantitative estimate of drug-likeness (QED) is 0.764. The minimum absolute atomic E-state index is 0.146. The largest absolute Gasteiger partial charge is 0.298 e. The van der Waals surface area contributed by atoms with E-state index < -0.39 is 0 Å². The normalized spacial score (nSPS) is 29.2. The molecule has 20 heavy (non-hydrogen) atoms. The topological polar surface area (TPSA) is 17.1 Å². The molecule has 0 radical (unpaired) electrons. The molecule has 1 heteroatoms. The van der Waals surface area contributed by atoms with Crippen molar-refractivity contribution in [1.82, 2.24) is 0 Å². The lowest BCUT2D eigenvalue weighted by molar-refractivity contribution is -0.129. The molecule has 0 spiro atoms. The van der Waals surface area contributed by atoms with Gasteiger partial charge in [0.2, 0.25) is 0 Å². The van der Waals surface area contributed by atoms with E-state index in [0.717, 1.165) is 31.6 Å².